The average molecular weight is 593 g/mol. The molecule has 2 N–H and O–H groups in total. The number of nitriles is 1. The Labute approximate surface area is 255 Å². The Hall–Kier alpha value is -4.95. The zero-order chi connectivity index (χ0) is 30.8. The molecule has 0 bridgehead atoms. The molecule has 11 heteroatoms. The van der Waals surface area contributed by atoms with Gasteiger partial charge in [-0.2, -0.15) is 5.26 Å². The molecule has 2 aromatic carbocycles. The lowest BCUT2D eigenvalue weighted by Gasteiger charge is -2.35. The molecule has 0 spiro atoms. The Morgan fingerprint density at radius 1 is 1.02 bits per heavy atom. The summed E-state index contributed by atoms with van der Waals surface area (Å²) >= 11 is 0. The Morgan fingerprint density at radius 3 is 2.43 bits per heavy atom. The van der Waals surface area contributed by atoms with E-state index in [0.717, 1.165) is 25.9 Å². The molecule has 0 unspecified atom stereocenters. The van der Waals surface area contributed by atoms with E-state index in [0.29, 0.717) is 47.7 Å². The van der Waals surface area contributed by atoms with Gasteiger partial charge in [-0.25, -0.2) is 14.8 Å². The highest BCUT2D eigenvalue weighted by Gasteiger charge is 2.33. The first-order valence-electron chi connectivity index (χ1n) is 15.0. The van der Waals surface area contributed by atoms with Gasteiger partial charge in [-0.15, -0.1) is 0 Å². The van der Waals surface area contributed by atoms with Gasteiger partial charge in [-0.05, 0) is 95.1 Å². The van der Waals surface area contributed by atoms with E-state index in [-0.39, 0.29) is 35.6 Å². The zero-order valence-electron chi connectivity index (χ0n) is 25.0. The molecule has 0 radical (unpaired) electrons. The first-order chi connectivity index (χ1) is 21.3. The van der Waals surface area contributed by atoms with Crippen LogP contribution >= 0.6 is 0 Å². The summed E-state index contributed by atoms with van der Waals surface area (Å²) in [4.78, 5) is 40.4. The van der Waals surface area contributed by atoms with Crippen LogP contribution in [0.15, 0.2) is 77.4 Å². The predicted molar refractivity (Wildman–Crippen MR) is 167 cm³/mol. The fourth-order valence-corrected chi connectivity index (χ4v) is 6.32. The number of imidazole rings is 1. The summed E-state index contributed by atoms with van der Waals surface area (Å²) in [6.45, 7) is 6.76. The van der Waals surface area contributed by atoms with Gasteiger partial charge < -0.3 is 15.4 Å². The van der Waals surface area contributed by atoms with Crippen molar-refractivity contribution in [1.82, 2.24) is 28.9 Å². The Kier molecular flexibility index (Phi) is 7.93. The first-order valence-corrected chi connectivity index (χ1v) is 15.0. The molecule has 2 aliphatic heterocycles. The van der Waals surface area contributed by atoms with Crippen molar-refractivity contribution in [3.05, 3.63) is 83.1 Å². The summed E-state index contributed by atoms with van der Waals surface area (Å²) in [6.07, 6.45) is 6.71. The highest BCUT2D eigenvalue weighted by Crippen LogP contribution is 2.30. The summed E-state index contributed by atoms with van der Waals surface area (Å²) < 4.78 is 9.05. The topological polar surface area (TPSA) is 135 Å². The number of nitrogens with zero attached hydrogens (tertiary/aromatic N) is 7. The summed E-state index contributed by atoms with van der Waals surface area (Å²) in [5.41, 5.74) is 7.11. The molecular weight excluding hydrogens is 556 g/mol. The second-order valence-electron chi connectivity index (χ2n) is 11.9. The number of anilines is 1. The fraction of sp³-hybridized carbons (Fsp3) is 0.364. The third-order valence-corrected chi connectivity index (χ3v) is 8.57. The molecule has 6 rings (SSSR count). The second kappa shape index (κ2) is 12.0. The smallest absolute Gasteiger partial charge is 0.335 e. The van der Waals surface area contributed by atoms with Crippen LogP contribution in [0.1, 0.15) is 45.6 Å². The van der Waals surface area contributed by atoms with Crippen molar-refractivity contribution < 1.29 is 9.53 Å². The van der Waals surface area contributed by atoms with Crippen molar-refractivity contribution in [3.8, 4) is 23.3 Å². The van der Waals surface area contributed by atoms with Crippen LogP contribution in [0, 0.1) is 11.3 Å². The molecule has 226 valence electrons. The van der Waals surface area contributed by atoms with Gasteiger partial charge in [0.05, 0.1) is 11.7 Å². The van der Waals surface area contributed by atoms with Gasteiger partial charge in [0, 0.05) is 18.6 Å². The van der Waals surface area contributed by atoms with E-state index < -0.39 is 5.54 Å². The number of carbonyl (C=O) groups is 1. The van der Waals surface area contributed by atoms with Gasteiger partial charge in [-0.3, -0.25) is 18.8 Å². The van der Waals surface area contributed by atoms with E-state index in [1.165, 1.54) is 10.9 Å². The van der Waals surface area contributed by atoms with Crippen LogP contribution in [0.2, 0.25) is 0 Å². The average Bonchev–Trinajstić information content (AvgIpc) is 3.69. The quantitative estimate of drug-likeness (QED) is 0.246. The molecule has 1 atom stereocenters. The number of piperidine rings is 1. The number of aromatic nitrogens is 4. The van der Waals surface area contributed by atoms with Crippen molar-refractivity contribution in [1.29, 1.82) is 5.26 Å². The van der Waals surface area contributed by atoms with Gasteiger partial charge in [0.25, 0.3) is 5.91 Å². The minimum absolute atomic E-state index is 0.127. The predicted octanol–water partition coefficient (Wildman–Crippen LogP) is 4.44. The Bertz CT molecular complexity index is 1800. The summed E-state index contributed by atoms with van der Waals surface area (Å²) in [5, 5.41) is 9.98. The van der Waals surface area contributed by atoms with Crippen LogP contribution in [0.3, 0.4) is 0 Å². The minimum atomic E-state index is -0.410. The van der Waals surface area contributed by atoms with Crippen LogP contribution in [0.25, 0.3) is 16.9 Å². The van der Waals surface area contributed by atoms with E-state index in [2.05, 4.69) is 20.9 Å². The number of para-hydroxylation sites is 1. The lowest BCUT2D eigenvalue weighted by molar-refractivity contribution is -0.128. The summed E-state index contributed by atoms with van der Waals surface area (Å²) in [6, 6.07) is 18.4. The van der Waals surface area contributed by atoms with Crippen LogP contribution in [-0.4, -0.2) is 66.5 Å². The largest absolute Gasteiger partial charge is 0.457 e. The number of nitrogens with two attached hydrogens (primary N) is 1. The van der Waals surface area contributed by atoms with Gasteiger partial charge in [0.15, 0.2) is 11.5 Å². The van der Waals surface area contributed by atoms with Crippen molar-refractivity contribution in [2.24, 2.45) is 0 Å². The maximum atomic E-state index is 14.1. The number of hydrogen-bond donors (Lipinski definition) is 1. The van der Waals surface area contributed by atoms with Crippen molar-refractivity contribution in [2.75, 3.05) is 31.9 Å². The van der Waals surface area contributed by atoms with Gasteiger partial charge in [0.1, 0.15) is 35.0 Å². The van der Waals surface area contributed by atoms with Crippen LogP contribution in [0.4, 0.5) is 5.82 Å². The van der Waals surface area contributed by atoms with Crippen molar-refractivity contribution in [3.63, 3.8) is 0 Å². The van der Waals surface area contributed by atoms with Crippen molar-refractivity contribution >= 4 is 22.9 Å². The van der Waals surface area contributed by atoms with Crippen molar-refractivity contribution in [2.45, 2.75) is 51.1 Å². The lowest BCUT2D eigenvalue weighted by atomic mass is 9.98. The third kappa shape index (κ3) is 5.56. The monoisotopic (exact) mass is 592 g/mol. The number of amides is 1. The zero-order valence-corrected chi connectivity index (χ0v) is 25.0. The molecule has 2 fully saturated rings. The summed E-state index contributed by atoms with van der Waals surface area (Å²) in [5.74, 6) is 1.19. The molecule has 11 nitrogen and oxygen atoms in total. The number of fused-ring (bicyclic) bond motifs is 1. The molecule has 0 saturated carbocycles. The number of hydrogen-bond acceptors (Lipinski definition) is 8. The van der Waals surface area contributed by atoms with E-state index >= 15 is 0 Å². The molecule has 44 heavy (non-hydrogen) atoms. The fourth-order valence-electron chi connectivity index (χ4n) is 6.32. The van der Waals surface area contributed by atoms with Crippen LogP contribution in [0.5, 0.6) is 11.5 Å². The Balaban J connectivity index is 1.31. The molecular formula is C33H36N8O3. The standard InChI is InChI=1S/C33H36N8O3/c1-33(2,39-17-6-7-18-39)19-23(20-34)31(42)38-16-8-9-25(21-38)41-30-28(29(35)36-22-37-30)40(32(41)43)24-12-14-27(15-13-24)44-26-10-4-3-5-11-26/h3-5,10-15,19,22,25H,6-9,16-18,21H2,1-2H3,(H2,35,36,37)/b23-19-/t25-/m0/s1. The molecule has 4 aromatic rings. The van der Waals surface area contributed by atoms with E-state index in [4.69, 9.17) is 10.5 Å². The van der Waals surface area contributed by atoms with Gasteiger partial charge in [-0.1, -0.05) is 18.2 Å². The number of rotatable bonds is 7. The van der Waals surface area contributed by atoms with E-state index in [1.54, 1.807) is 39.8 Å². The summed E-state index contributed by atoms with van der Waals surface area (Å²) in [7, 11) is 0. The van der Waals surface area contributed by atoms with Crippen LogP contribution in [-0.2, 0) is 4.79 Å². The van der Waals surface area contributed by atoms with E-state index in [9.17, 15) is 14.9 Å². The number of ether oxygens (including phenoxy) is 1. The number of benzene rings is 2. The third-order valence-electron chi connectivity index (χ3n) is 8.57. The molecule has 2 aliphatic rings. The number of likely N-dealkylation sites (tertiary alicyclic amines) is 2. The molecule has 0 aliphatic carbocycles. The normalized spacial score (nSPS) is 18.0. The van der Waals surface area contributed by atoms with E-state index in [1.807, 2.05) is 44.2 Å². The number of nitrogen functional groups attached to an aromatic ring is 1. The van der Waals surface area contributed by atoms with Crippen LogP contribution < -0.4 is 16.2 Å². The first kappa shape index (κ1) is 29.1. The maximum absolute atomic E-state index is 14.1. The second-order valence-corrected chi connectivity index (χ2v) is 11.9. The molecule has 4 heterocycles. The SMILES string of the molecule is CC(C)(/C=C(/C#N)C(=O)N1CCC[C@H](n2c(=O)n(-c3ccc(Oc4ccccc4)cc3)c3c(N)ncnc32)C1)N1CCCC1. The highest BCUT2D eigenvalue weighted by molar-refractivity contribution is 5.97. The molecule has 2 aromatic heterocycles. The lowest BCUT2D eigenvalue weighted by Crippen LogP contribution is -2.45. The Morgan fingerprint density at radius 2 is 1.73 bits per heavy atom. The van der Waals surface area contributed by atoms with Gasteiger partial charge >= 0.3 is 5.69 Å². The highest BCUT2D eigenvalue weighted by atomic mass is 16.5. The number of carbonyl (C=O) groups excluding carboxylic acids is 1. The minimum Gasteiger partial charge on any atom is -0.457 e. The molecule has 1 amide bonds. The van der Waals surface area contributed by atoms with Gasteiger partial charge in [0.2, 0.25) is 0 Å². The molecule has 2 saturated heterocycles. The maximum Gasteiger partial charge on any atom is 0.335 e.